The van der Waals surface area contributed by atoms with E-state index >= 15 is 0 Å². The van der Waals surface area contributed by atoms with Crippen LogP contribution in [0.3, 0.4) is 0 Å². The lowest BCUT2D eigenvalue weighted by molar-refractivity contribution is 0.174. The van der Waals surface area contributed by atoms with Gasteiger partial charge in [0.15, 0.2) is 11.5 Å². The highest BCUT2D eigenvalue weighted by molar-refractivity contribution is 5.58. The third-order valence-electron chi connectivity index (χ3n) is 3.88. The number of anilines is 1. The minimum absolute atomic E-state index is 0.0887. The molecule has 2 N–H and O–H groups in total. The van der Waals surface area contributed by atoms with Gasteiger partial charge >= 0.3 is 0 Å². The lowest BCUT2D eigenvalue weighted by atomic mass is 9.87. The number of hydrogen-bond donors (Lipinski definition) is 1. The molecule has 0 amide bonds. The molecule has 1 aromatic rings. The van der Waals surface area contributed by atoms with Gasteiger partial charge in [-0.25, -0.2) is 0 Å². The first-order valence-corrected chi connectivity index (χ1v) is 6.49. The van der Waals surface area contributed by atoms with E-state index in [1.54, 1.807) is 0 Å². The third-order valence-corrected chi connectivity index (χ3v) is 3.88. The number of nitrogens with zero attached hydrogens (tertiary/aromatic N) is 1. The van der Waals surface area contributed by atoms with Crippen LogP contribution in [0, 0.1) is 0 Å². The first-order chi connectivity index (χ1) is 8.56. The highest BCUT2D eigenvalue weighted by atomic mass is 16.7. The summed E-state index contributed by atoms with van der Waals surface area (Å²) >= 11 is 0. The number of fused-ring (bicyclic) bond motifs is 1. The van der Waals surface area contributed by atoms with Crippen LogP contribution >= 0.6 is 0 Å². The van der Waals surface area contributed by atoms with E-state index in [1.807, 2.05) is 6.07 Å². The maximum absolute atomic E-state index is 6.07. The van der Waals surface area contributed by atoms with Crippen molar-refractivity contribution in [3.05, 3.63) is 18.2 Å². The number of nitrogens with two attached hydrogens (primary N) is 1. The van der Waals surface area contributed by atoms with Gasteiger partial charge in [0.25, 0.3) is 0 Å². The van der Waals surface area contributed by atoms with Gasteiger partial charge in [0.1, 0.15) is 0 Å². The van der Waals surface area contributed by atoms with Gasteiger partial charge in [-0.3, -0.25) is 0 Å². The summed E-state index contributed by atoms with van der Waals surface area (Å²) in [5, 5.41) is 0. The van der Waals surface area contributed by atoms with Crippen molar-refractivity contribution >= 4 is 5.69 Å². The number of benzene rings is 1. The Hall–Kier alpha value is -1.42. The number of piperidine rings is 1. The Morgan fingerprint density at radius 2 is 2.06 bits per heavy atom. The molecule has 1 unspecified atom stereocenters. The van der Waals surface area contributed by atoms with Crippen LogP contribution < -0.4 is 20.1 Å². The van der Waals surface area contributed by atoms with Crippen molar-refractivity contribution in [1.82, 2.24) is 0 Å². The van der Waals surface area contributed by atoms with Gasteiger partial charge in [0.05, 0.1) is 0 Å². The van der Waals surface area contributed by atoms with Crippen molar-refractivity contribution in [2.75, 3.05) is 18.2 Å². The summed E-state index contributed by atoms with van der Waals surface area (Å²) in [6.45, 7) is 5.81. The predicted molar refractivity (Wildman–Crippen MR) is 71.2 cm³/mol. The lowest BCUT2D eigenvalue weighted by Crippen LogP contribution is -2.53. The fourth-order valence-corrected chi connectivity index (χ4v) is 2.98. The molecule has 1 saturated heterocycles. The fourth-order valence-electron chi connectivity index (χ4n) is 2.98. The molecule has 1 atom stereocenters. The second-order valence-electron chi connectivity index (χ2n) is 5.75. The van der Waals surface area contributed by atoms with E-state index in [-0.39, 0.29) is 5.54 Å². The molecular weight excluding hydrogens is 228 g/mol. The van der Waals surface area contributed by atoms with Gasteiger partial charge in [0, 0.05) is 29.9 Å². The van der Waals surface area contributed by atoms with Gasteiger partial charge in [0.2, 0.25) is 6.79 Å². The fraction of sp³-hybridized carbons (Fsp3) is 0.571. The average Bonchev–Trinajstić information content (AvgIpc) is 2.74. The predicted octanol–water partition coefficient (Wildman–Crippen LogP) is 2.12. The van der Waals surface area contributed by atoms with Gasteiger partial charge in [-0.05, 0) is 38.8 Å². The average molecular weight is 248 g/mol. The summed E-state index contributed by atoms with van der Waals surface area (Å²) in [6.07, 6.45) is 2.05. The molecule has 18 heavy (non-hydrogen) atoms. The molecule has 2 aliphatic heterocycles. The number of ether oxygens (including phenoxy) is 2. The van der Waals surface area contributed by atoms with E-state index in [1.165, 1.54) is 5.69 Å². The van der Waals surface area contributed by atoms with Crippen molar-refractivity contribution in [3.8, 4) is 11.5 Å². The molecule has 0 radical (unpaired) electrons. The smallest absolute Gasteiger partial charge is 0.231 e. The van der Waals surface area contributed by atoms with Gasteiger partial charge in [-0.15, -0.1) is 0 Å². The molecule has 1 fully saturated rings. The van der Waals surface area contributed by atoms with Gasteiger partial charge in [-0.1, -0.05) is 0 Å². The van der Waals surface area contributed by atoms with E-state index in [9.17, 15) is 0 Å². The van der Waals surface area contributed by atoms with Crippen LogP contribution in [0.1, 0.15) is 26.7 Å². The first kappa shape index (κ1) is 11.7. The minimum Gasteiger partial charge on any atom is -0.454 e. The van der Waals surface area contributed by atoms with E-state index in [4.69, 9.17) is 15.2 Å². The second kappa shape index (κ2) is 4.05. The maximum Gasteiger partial charge on any atom is 0.231 e. The van der Waals surface area contributed by atoms with E-state index in [0.717, 1.165) is 30.9 Å². The standard InChI is InChI=1S/C14H20N2O2/c1-14(2)8-10(15)5-6-16(14)11-3-4-12-13(7-11)18-9-17-12/h3-4,7,10H,5-6,8-9,15H2,1-2H3. The number of rotatable bonds is 1. The zero-order valence-corrected chi connectivity index (χ0v) is 11.0. The molecule has 2 aliphatic rings. The van der Waals surface area contributed by atoms with Gasteiger partial charge in [-0.2, -0.15) is 0 Å². The quantitative estimate of drug-likeness (QED) is 0.827. The Bertz CT molecular complexity index is 459. The van der Waals surface area contributed by atoms with E-state index in [2.05, 4.69) is 30.9 Å². The Kier molecular flexibility index (Phi) is 2.63. The van der Waals surface area contributed by atoms with Crippen LogP contribution in [0.2, 0.25) is 0 Å². The summed E-state index contributed by atoms with van der Waals surface area (Å²) < 4.78 is 10.8. The molecule has 1 aromatic carbocycles. The molecule has 98 valence electrons. The molecule has 0 aromatic heterocycles. The molecule has 0 saturated carbocycles. The Morgan fingerprint density at radius 1 is 1.28 bits per heavy atom. The molecule has 4 heteroatoms. The molecule has 0 aliphatic carbocycles. The van der Waals surface area contributed by atoms with Crippen molar-refractivity contribution < 1.29 is 9.47 Å². The summed E-state index contributed by atoms with van der Waals surface area (Å²) in [5.74, 6) is 1.68. The van der Waals surface area contributed by atoms with E-state index in [0.29, 0.717) is 12.8 Å². The molecule has 0 spiro atoms. The second-order valence-corrected chi connectivity index (χ2v) is 5.75. The Balaban J connectivity index is 1.90. The molecule has 4 nitrogen and oxygen atoms in total. The van der Waals surface area contributed by atoms with Crippen LogP contribution in [0.25, 0.3) is 0 Å². The topological polar surface area (TPSA) is 47.7 Å². The van der Waals surface area contributed by atoms with Gasteiger partial charge < -0.3 is 20.1 Å². The Morgan fingerprint density at radius 3 is 2.83 bits per heavy atom. The zero-order valence-electron chi connectivity index (χ0n) is 11.0. The molecule has 0 bridgehead atoms. The first-order valence-electron chi connectivity index (χ1n) is 6.49. The minimum atomic E-state index is 0.0887. The normalized spacial score (nSPS) is 25.3. The lowest BCUT2D eigenvalue weighted by Gasteiger charge is -2.46. The van der Waals surface area contributed by atoms with E-state index < -0.39 is 0 Å². The van der Waals surface area contributed by atoms with Crippen LogP contribution in [0.4, 0.5) is 5.69 Å². The SMILES string of the molecule is CC1(C)CC(N)CCN1c1ccc2c(c1)OCO2. The molecule has 3 rings (SSSR count). The maximum atomic E-state index is 6.07. The monoisotopic (exact) mass is 248 g/mol. The highest BCUT2D eigenvalue weighted by Crippen LogP contribution is 2.39. The summed E-state index contributed by atoms with van der Waals surface area (Å²) in [7, 11) is 0. The van der Waals surface area contributed by atoms with Crippen molar-refractivity contribution in [2.45, 2.75) is 38.3 Å². The van der Waals surface area contributed by atoms with Crippen LogP contribution in [-0.4, -0.2) is 24.9 Å². The highest BCUT2D eigenvalue weighted by Gasteiger charge is 2.34. The zero-order chi connectivity index (χ0) is 12.8. The number of hydrogen-bond acceptors (Lipinski definition) is 4. The molecular formula is C14H20N2O2. The third kappa shape index (κ3) is 1.90. The van der Waals surface area contributed by atoms with Crippen molar-refractivity contribution in [3.63, 3.8) is 0 Å². The van der Waals surface area contributed by atoms with Crippen LogP contribution in [0.5, 0.6) is 11.5 Å². The Labute approximate surface area is 108 Å². The van der Waals surface area contributed by atoms with Crippen molar-refractivity contribution in [2.24, 2.45) is 5.73 Å². The molecule has 2 heterocycles. The largest absolute Gasteiger partial charge is 0.454 e. The van der Waals surface area contributed by atoms with Crippen LogP contribution in [0.15, 0.2) is 18.2 Å². The summed E-state index contributed by atoms with van der Waals surface area (Å²) in [5.41, 5.74) is 7.35. The van der Waals surface area contributed by atoms with Crippen molar-refractivity contribution in [1.29, 1.82) is 0 Å². The van der Waals surface area contributed by atoms with Crippen LogP contribution in [-0.2, 0) is 0 Å². The summed E-state index contributed by atoms with van der Waals surface area (Å²) in [4.78, 5) is 2.42. The summed E-state index contributed by atoms with van der Waals surface area (Å²) in [6, 6.07) is 6.47.